The molecule has 0 aliphatic heterocycles. The van der Waals surface area contributed by atoms with E-state index in [0.717, 1.165) is 31.1 Å². The van der Waals surface area contributed by atoms with Gasteiger partial charge in [0.05, 0.1) is 6.61 Å². The lowest BCUT2D eigenvalue weighted by Gasteiger charge is -2.29. The summed E-state index contributed by atoms with van der Waals surface area (Å²) < 4.78 is 16.1. The van der Waals surface area contributed by atoms with Crippen LogP contribution in [0.1, 0.15) is 55.6 Å². The zero-order valence-corrected chi connectivity index (χ0v) is 17.4. The minimum absolute atomic E-state index is 0.00191. The van der Waals surface area contributed by atoms with Crippen LogP contribution < -0.4 is 10.6 Å². The minimum atomic E-state index is -0.780. The van der Waals surface area contributed by atoms with Gasteiger partial charge in [0, 0.05) is 23.6 Å². The van der Waals surface area contributed by atoms with Gasteiger partial charge in [-0.1, -0.05) is 38.0 Å². The molecule has 1 heterocycles. The molecule has 0 spiro atoms. The van der Waals surface area contributed by atoms with Crippen LogP contribution in [-0.2, 0) is 20.9 Å². The van der Waals surface area contributed by atoms with Gasteiger partial charge in [-0.3, -0.25) is 10.1 Å². The van der Waals surface area contributed by atoms with Crippen LogP contribution in [0, 0.1) is 5.92 Å². The first kappa shape index (κ1) is 21.8. The molecule has 3 amide bonds. The van der Waals surface area contributed by atoms with E-state index in [1.807, 2.05) is 19.1 Å². The molecule has 0 unspecified atom stereocenters. The zero-order valence-electron chi connectivity index (χ0n) is 17.4. The predicted octanol–water partition coefficient (Wildman–Crippen LogP) is 3.53. The van der Waals surface area contributed by atoms with Crippen molar-refractivity contribution in [3.8, 4) is 0 Å². The number of nitrogens with one attached hydrogen (secondary N) is 2. The summed E-state index contributed by atoms with van der Waals surface area (Å²) in [7, 11) is 0. The third-order valence-electron chi connectivity index (χ3n) is 5.35. The van der Waals surface area contributed by atoms with E-state index in [1.165, 1.54) is 0 Å². The zero-order chi connectivity index (χ0) is 21.5. The van der Waals surface area contributed by atoms with Crippen molar-refractivity contribution in [1.82, 2.24) is 10.6 Å². The van der Waals surface area contributed by atoms with Gasteiger partial charge in [0.2, 0.25) is 5.76 Å². The number of carbonyl (C=O) groups excluding carboxylic acids is 3. The van der Waals surface area contributed by atoms with Gasteiger partial charge in [-0.15, -0.1) is 0 Å². The molecule has 0 saturated heterocycles. The molecule has 30 heavy (non-hydrogen) atoms. The molecule has 2 N–H and O–H groups in total. The molecule has 1 aromatic carbocycles. The number of para-hydroxylation sites is 1. The fourth-order valence-corrected chi connectivity index (χ4v) is 3.71. The average molecular weight is 416 g/mol. The highest BCUT2D eigenvalue weighted by Gasteiger charge is 2.25. The molecule has 2 aromatic rings. The summed E-state index contributed by atoms with van der Waals surface area (Å²) in [6, 6.07) is 6.67. The summed E-state index contributed by atoms with van der Waals surface area (Å²) in [6.45, 7) is 4.01. The van der Waals surface area contributed by atoms with Crippen LogP contribution in [0.4, 0.5) is 4.79 Å². The SMILES string of the molecule is CCOCc1c(C(=O)OCC(=O)NC(=O)N[C@H]2CCCC[C@@H]2C)oc2ccccc12. The largest absolute Gasteiger partial charge is 0.450 e. The summed E-state index contributed by atoms with van der Waals surface area (Å²) in [5, 5.41) is 5.78. The number of esters is 1. The highest BCUT2D eigenvalue weighted by molar-refractivity contribution is 5.99. The Morgan fingerprint density at radius 1 is 1.17 bits per heavy atom. The number of amides is 3. The second-order valence-corrected chi connectivity index (χ2v) is 7.51. The Balaban J connectivity index is 1.56. The number of rotatable bonds is 7. The first-order chi connectivity index (χ1) is 14.5. The van der Waals surface area contributed by atoms with Crippen LogP contribution in [0.5, 0.6) is 0 Å². The Morgan fingerprint density at radius 2 is 1.93 bits per heavy atom. The topological polar surface area (TPSA) is 107 Å². The molecule has 1 aromatic heterocycles. The standard InChI is InChI=1S/C22H28N2O6/c1-3-28-12-16-15-9-5-7-11-18(15)30-20(16)21(26)29-13-19(25)24-22(27)23-17-10-6-4-8-14(17)2/h5,7,9,11,14,17H,3-4,6,8,10,12-13H2,1-2H3,(H2,23,24,25,27)/t14-,17-/m0/s1. The maximum absolute atomic E-state index is 12.5. The molecule has 162 valence electrons. The average Bonchev–Trinajstić information content (AvgIpc) is 3.10. The van der Waals surface area contributed by atoms with Gasteiger partial charge in [0.25, 0.3) is 5.91 Å². The molecular weight excluding hydrogens is 388 g/mol. The molecule has 1 aliphatic carbocycles. The van der Waals surface area contributed by atoms with E-state index in [-0.39, 0.29) is 18.4 Å². The van der Waals surface area contributed by atoms with Crippen LogP contribution in [0.3, 0.4) is 0 Å². The summed E-state index contributed by atoms with van der Waals surface area (Å²) >= 11 is 0. The molecule has 0 bridgehead atoms. The van der Waals surface area contributed by atoms with Gasteiger partial charge in [-0.2, -0.15) is 0 Å². The first-order valence-electron chi connectivity index (χ1n) is 10.3. The molecule has 3 rings (SSSR count). The normalized spacial score (nSPS) is 18.7. The number of benzene rings is 1. The maximum atomic E-state index is 12.5. The number of urea groups is 1. The lowest BCUT2D eigenvalue weighted by Crippen LogP contribution is -2.48. The summed E-state index contributed by atoms with van der Waals surface area (Å²) in [5.41, 5.74) is 1.10. The van der Waals surface area contributed by atoms with Gasteiger partial charge in [0.15, 0.2) is 6.61 Å². The molecule has 2 atom stereocenters. The number of hydrogen-bond donors (Lipinski definition) is 2. The fraction of sp³-hybridized carbons (Fsp3) is 0.500. The van der Waals surface area contributed by atoms with Crippen molar-refractivity contribution in [1.29, 1.82) is 0 Å². The molecule has 1 fully saturated rings. The van der Waals surface area contributed by atoms with Gasteiger partial charge in [0.1, 0.15) is 5.58 Å². The number of ether oxygens (including phenoxy) is 2. The van der Waals surface area contributed by atoms with Crippen molar-refractivity contribution >= 4 is 28.9 Å². The van der Waals surface area contributed by atoms with Crippen molar-refractivity contribution in [2.75, 3.05) is 13.2 Å². The Morgan fingerprint density at radius 3 is 2.70 bits per heavy atom. The van der Waals surface area contributed by atoms with E-state index < -0.39 is 24.5 Å². The Bertz CT molecular complexity index is 906. The van der Waals surface area contributed by atoms with Crippen LogP contribution in [0.2, 0.25) is 0 Å². The lowest BCUT2D eigenvalue weighted by molar-refractivity contribution is -0.123. The third-order valence-corrected chi connectivity index (χ3v) is 5.35. The Labute approximate surface area is 175 Å². The van der Waals surface area contributed by atoms with Crippen molar-refractivity contribution in [2.24, 2.45) is 5.92 Å². The number of carbonyl (C=O) groups is 3. The van der Waals surface area contributed by atoms with E-state index in [1.54, 1.807) is 12.1 Å². The first-order valence-corrected chi connectivity index (χ1v) is 10.3. The predicted molar refractivity (Wildman–Crippen MR) is 110 cm³/mol. The Hall–Kier alpha value is -2.87. The number of furan rings is 1. The van der Waals surface area contributed by atoms with Crippen molar-refractivity contribution in [3.63, 3.8) is 0 Å². The number of hydrogen-bond acceptors (Lipinski definition) is 6. The summed E-state index contributed by atoms with van der Waals surface area (Å²) in [5.74, 6) is -1.11. The monoisotopic (exact) mass is 416 g/mol. The maximum Gasteiger partial charge on any atom is 0.375 e. The highest BCUT2D eigenvalue weighted by atomic mass is 16.5. The molecule has 1 saturated carbocycles. The van der Waals surface area contributed by atoms with Gasteiger partial charge < -0.3 is 19.2 Å². The molecule has 1 aliphatic rings. The van der Waals surface area contributed by atoms with Crippen LogP contribution in [0.25, 0.3) is 11.0 Å². The van der Waals surface area contributed by atoms with E-state index in [9.17, 15) is 14.4 Å². The highest BCUT2D eigenvalue weighted by Crippen LogP contribution is 2.27. The van der Waals surface area contributed by atoms with Crippen LogP contribution in [0.15, 0.2) is 28.7 Å². The van der Waals surface area contributed by atoms with Crippen molar-refractivity contribution in [3.05, 3.63) is 35.6 Å². The lowest BCUT2D eigenvalue weighted by atomic mass is 9.86. The molecule has 8 heteroatoms. The van der Waals surface area contributed by atoms with Gasteiger partial charge in [-0.25, -0.2) is 9.59 Å². The van der Waals surface area contributed by atoms with E-state index in [2.05, 4.69) is 17.6 Å². The van der Waals surface area contributed by atoms with Gasteiger partial charge in [-0.05, 0) is 31.7 Å². The quantitative estimate of drug-likeness (QED) is 0.669. The number of imide groups is 1. The van der Waals surface area contributed by atoms with Crippen molar-refractivity contribution < 1.29 is 28.3 Å². The molecular formula is C22H28N2O6. The second kappa shape index (κ2) is 10.2. The fourth-order valence-electron chi connectivity index (χ4n) is 3.71. The number of fused-ring (bicyclic) bond motifs is 1. The van der Waals surface area contributed by atoms with E-state index in [0.29, 0.717) is 23.7 Å². The molecule has 0 radical (unpaired) electrons. The van der Waals surface area contributed by atoms with Crippen LogP contribution in [-0.4, -0.2) is 37.2 Å². The van der Waals surface area contributed by atoms with Crippen LogP contribution >= 0.6 is 0 Å². The van der Waals surface area contributed by atoms with Gasteiger partial charge >= 0.3 is 12.0 Å². The molecule has 8 nitrogen and oxygen atoms in total. The Kier molecular flexibility index (Phi) is 7.46. The minimum Gasteiger partial charge on any atom is -0.450 e. The smallest absolute Gasteiger partial charge is 0.375 e. The van der Waals surface area contributed by atoms with Crippen molar-refractivity contribution in [2.45, 2.75) is 52.2 Å². The van der Waals surface area contributed by atoms with E-state index >= 15 is 0 Å². The summed E-state index contributed by atoms with van der Waals surface area (Å²) in [4.78, 5) is 36.6. The summed E-state index contributed by atoms with van der Waals surface area (Å²) in [6.07, 6.45) is 4.16. The van der Waals surface area contributed by atoms with E-state index in [4.69, 9.17) is 13.9 Å². The third kappa shape index (κ3) is 5.38. The second-order valence-electron chi connectivity index (χ2n) is 7.51.